The molecule has 31 heavy (non-hydrogen) atoms. The molecule has 2 aromatic carbocycles. The molecule has 0 radical (unpaired) electrons. The molecule has 0 spiro atoms. The second-order valence-corrected chi connectivity index (χ2v) is 7.74. The van der Waals surface area contributed by atoms with Crippen LogP contribution in [0.25, 0.3) is 0 Å². The Hall–Kier alpha value is -2.51. The first kappa shape index (κ1) is 24.8. The molecule has 0 aromatic heterocycles. The number of rotatable bonds is 8. The van der Waals surface area contributed by atoms with Crippen LogP contribution in [0.4, 0.5) is 8.78 Å². The van der Waals surface area contributed by atoms with Crippen LogP contribution in [-0.4, -0.2) is 47.9 Å². The lowest BCUT2D eigenvalue weighted by Gasteiger charge is -2.16. The Morgan fingerprint density at radius 1 is 1.13 bits per heavy atom. The fourth-order valence-corrected chi connectivity index (χ4v) is 3.84. The lowest BCUT2D eigenvalue weighted by atomic mass is 9.95. The predicted molar refractivity (Wildman–Crippen MR) is 118 cm³/mol. The van der Waals surface area contributed by atoms with Gasteiger partial charge in [-0.15, -0.1) is 12.4 Å². The van der Waals surface area contributed by atoms with Crippen LogP contribution >= 0.6 is 12.4 Å². The molecule has 0 aliphatic carbocycles. The molecule has 1 heterocycles. The number of carboxylic acids is 1. The summed E-state index contributed by atoms with van der Waals surface area (Å²) in [6.45, 7) is 6.13. The molecule has 1 saturated heterocycles. The maximum atomic E-state index is 13.6. The molecule has 1 atom stereocenters. The van der Waals surface area contributed by atoms with Crippen LogP contribution in [0.15, 0.2) is 41.6 Å². The van der Waals surface area contributed by atoms with E-state index in [1.807, 2.05) is 0 Å². The number of halogens is 3. The third kappa shape index (κ3) is 6.74. The van der Waals surface area contributed by atoms with Crippen LogP contribution in [0, 0.1) is 31.4 Å². The minimum atomic E-state index is -0.767. The second kappa shape index (κ2) is 11.2. The van der Waals surface area contributed by atoms with Crippen LogP contribution in [0.1, 0.15) is 35.1 Å². The van der Waals surface area contributed by atoms with E-state index in [1.165, 1.54) is 24.3 Å². The zero-order chi connectivity index (χ0) is 21.7. The SMILES string of the molecule is Cc1cc(F)ccc1C(=NOCCN1CC[C@H](CC(=O)O)C1)c1ccc(F)cc1C.Cl. The summed E-state index contributed by atoms with van der Waals surface area (Å²) in [5, 5.41) is 13.2. The second-order valence-electron chi connectivity index (χ2n) is 7.74. The highest BCUT2D eigenvalue weighted by atomic mass is 35.5. The predicted octanol–water partition coefficient (Wildman–Crippen LogP) is 4.57. The van der Waals surface area contributed by atoms with Crippen molar-refractivity contribution in [2.45, 2.75) is 26.7 Å². The van der Waals surface area contributed by atoms with Crippen molar-refractivity contribution in [1.82, 2.24) is 4.90 Å². The molecule has 5 nitrogen and oxygen atoms in total. The number of aryl methyl sites for hydroxylation is 2. The summed E-state index contributed by atoms with van der Waals surface area (Å²) in [6.07, 6.45) is 1.05. The quantitative estimate of drug-likeness (QED) is 0.362. The fraction of sp³-hybridized carbons (Fsp3) is 0.391. The fourth-order valence-electron chi connectivity index (χ4n) is 3.84. The molecule has 3 rings (SSSR count). The lowest BCUT2D eigenvalue weighted by Crippen LogP contribution is -2.25. The van der Waals surface area contributed by atoms with Crippen molar-refractivity contribution in [3.63, 3.8) is 0 Å². The minimum absolute atomic E-state index is 0. The zero-order valence-corrected chi connectivity index (χ0v) is 18.4. The van der Waals surface area contributed by atoms with Gasteiger partial charge in [-0.05, 0) is 80.3 Å². The van der Waals surface area contributed by atoms with Crippen molar-refractivity contribution in [1.29, 1.82) is 0 Å². The first-order valence-corrected chi connectivity index (χ1v) is 10.0. The van der Waals surface area contributed by atoms with Gasteiger partial charge in [-0.3, -0.25) is 9.69 Å². The number of carboxylic acid groups (broad SMARTS) is 1. The average molecular weight is 453 g/mol. The van der Waals surface area contributed by atoms with Crippen molar-refractivity contribution in [3.05, 3.63) is 70.3 Å². The molecule has 1 aliphatic heterocycles. The van der Waals surface area contributed by atoms with Crippen LogP contribution in [-0.2, 0) is 9.63 Å². The molecule has 0 unspecified atom stereocenters. The monoisotopic (exact) mass is 452 g/mol. The molecule has 1 N–H and O–H groups in total. The Balaban J connectivity index is 0.00000341. The Morgan fingerprint density at radius 3 is 2.23 bits per heavy atom. The van der Waals surface area contributed by atoms with E-state index in [-0.39, 0.29) is 36.4 Å². The van der Waals surface area contributed by atoms with E-state index in [1.54, 1.807) is 26.0 Å². The average Bonchev–Trinajstić information content (AvgIpc) is 3.10. The van der Waals surface area contributed by atoms with Gasteiger partial charge in [0.15, 0.2) is 0 Å². The normalized spacial score (nSPS) is 15.9. The Labute approximate surface area is 187 Å². The van der Waals surface area contributed by atoms with E-state index in [0.29, 0.717) is 41.1 Å². The Kier molecular flexibility index (Phi) is 8.95. The standard InChI is InChI=1S/C23H26F2N2O3.ClH/c1-15-11-18(24)3-5-20(15)23(21-6-4-19(25)12-16(21)2)26-30-10-9-27-8-7-17(14-27)13-22(28)29;/h3-6,11-12,17H,7-10,13-14H2,1-2H3,(H,28,29);1H/t17-;/m1./s1. The van der Waals surface area contributed by atoms with E-state index in [0.717, 1.165) is 19.5 Å². The number of aliphatic carboxylic acids is 1. The molecule has 2 aromatic rings. The smallest absolute Gasteiger partial charge is 0.303 e. The number of nitrogens with zero attached hydrogens (tertiary/aromatic N) is 2. The van der Waals surface area contributed by atoms with Crippen molar-refractivity contribution in [3.8, 4) is 0 Å². The first-order chi connectivity index (χ1) is 14.3. The Bertz CT molecular complexity index is 899. The van der Waals surface area contributed by atoms with Crippen LogP contribution in [0.2, 0.25) is 0 Å². The van der Waals surface area contributed by atoms with Crippen LogP contribution < -0.4 is 0 Å². The maximum absolute atomic E-state index is 13.6. The summed E-state index contributed by atoms with van der Waals surface area (Å²) in [6, 6.07) is 8.87. The van der Waals surface area contributed by atoms with Gasteiger partial charge in [0.25, 0.3) is 0 Å². The van der Waals surface area contributed by atoms with Gasteiger partial charge < -0.3 is 9.94 Å². The van der Waals surface area contributed by atoms with E-state index >= 15 is 0 Å². The Morgan fingerprint density at radius 2 is 1.71 bits per heavy atom. The van der Waals surface area contributed by atoms with Crippen LogP contribution in [0.5, 0.6) is 0 Å². The molecule has 8 heteroatoms. The molecule has 1 fully saturated rings. The summed E-state index contributed by atoms with van der Waals surface area (Å²) in [7, 11) is 0. The van der Waals surface area contributed by atoms with Crippen molar-refractivity contribution in [2.24, 2.45) is 11.1 Å². The third-order valence-electron chi connectivity index (χ3n) is 5.38. The number of likely N-dealkylation sites (tertiary alicyclic amines) is 1. The lowest BCUT2D eigenvalue weighted by molar-refractivity contribution is -0.138. The van der Waals surface area contributed by atoms with Gasteiger partial charge in [-0.1, -0.05) is 5.16 Å². The topological polar surface area (TPSA) is 62.1 Å². The number of oxime groups is 1. The van der Waals surface area contributed by atoms with Crippen molar-refractivity contribution >= 4 is 24.1 Å². The van der Waals surface area contributed by atoms with E-state index in [2.05, 4.69) is 10.1 Å². The third-order valence-corrected chi connectivity index (χ3v) is 5.38. The highest BCUT2D eigenvalue weighted by Gasteiger charge is 2.24. The highest BCUT2D eigenvalue weighted by molar-refractivity contribution is 6.14. The van der Waals surface area contributed by atoms with Gasteiger partial charge in [-0.25, -0.2) is 8.78 Å². The van der Waals surface area contributed by atoms with Crippen molar-refractivity contribution < 1.29 is 23.5 Å². The number of hydrogen-bond acceptors (Lipinski definition) is 4. The summed E-state index contributed by atoms with van der Waals surface area (Å²) in [4.78, 5) is 18.6. The van der Waals surface area contributed by atoms with E-state index in [9.17, 15) is 13.6 Å². The van der Waals surface area contributed by atoms with Gasteiger partial charge in [-0.2, -0.15) is 0 Å². The summed E-state index contributed by atoms with van der Waals surface area (Å²) < 4.78 is 27.1. The number of carbonyl (C=O) groups is 1. The van der Waals surface area contributed by atoms with Gasteiger partial charge in [0.1, 0.15) is 24.0 Å². The summed E-state index contributed by atoms with van der Waals surface area (Å²) in [5.41, 5.74) is 3.37. The molecule has 168 valence electrons. The molecular formula is C23H27ClF2N2O3. The molecule has 0 bridgehead atoms. The number of benzene rings is 2. The van der Waals surface area contributed by atoms with Crippen molar-refractivity contribution in [2.75, 3.05) is 26.2 Å². The maximum Gasteiger partial charge on any atom is 0.303 e. The largest absolute Gasteiger partial charge is 0.481 e. The number of hydrogen-bond donors (Lipinski definition) is 1. The van der Waals surface area contributed by atoms with Gasteiger partial charge in [0, 0.05) is 30.6 Å². The van der Waals surface area contributed by atoms with E-state index in [4.69, 9.17) is 9.94 Å². The van der Waals surface area contributed by atoms with Gasteiger partial charge in [0.05, 0.1) is 0 Å². The van der Waals surface area contributed by atoms with Gasteiger partial charge >= 0.3 is 5.97 Å². The molecule has 1 aliphatic rings. The van der Waals surface area contributed by atoms with Crippen LogP contribution in [0.3, 0.4) is 0 Å². The molecule has 0 amide bonds. The zero-order valence-electron chi connectivity index (χ0n) is 17.6. The minimum Gasteiger partial charge on any atom is -0.481 e. The van der Waals surface area contributed by atoms with E-state index < -0.39 is 5.97 Å². The summed E-state index contributed by atoms with van der Waals surface area (Å²) >= 11 is 0. The summed E-state index contributed by atoms with van der Waals surface area (Å²) in [5.74, 6) is -1.27. The molecular weight excluding hydrogens is 426 g/mol. The first-order valence-electron chi connectivity index (χ1n) is 10.0. The molecule has 0 saturated carbocycles. The van der Waals surface area contributed by atoms with Gasteiger partial charge in [0.2, 0.25) is 0 Å². The highest BCUT2D eigenvalue weighted by Crippen LogP contribution is 2.21.